The zero-order valence-electron chi connectivity index (χ0n) is 11.8. The largest absolute Gasteiger partial charge is 0.454 e. The Hall–Kier alpha value is -2.23. The molecule has 1 aliphatic rings. The molecule has 0 atom stereocenters. The summed E-state index contributed by atoms with van der Waals surface area (Å²) in [5, 5.41) is 2.82. The maximum atomic E-state index is 11.4. The highest BCUT2D eigenvalue weighted by atomic mass is 16.7. The molecule has 0 spiro atoms. The van der Waals surface area contributed by atoms with Crippen molar-refractivity contribution in [3.05, 3.63) is 42.0 Å². The first-order valence-corrected chi connectivity index (χ1v) is 6.67. The van der Waals surface area contributed by atoms with E-state index in [0.29, 0.717) is 12.5 Å². The fourth-order valence-electron chi connectivity index (χ4n) is 1.69. The first kappa shape index (κ1) is 14.2. The molecule has 0 radical (unpaired) electrons. The van der Waals surface area contributed by atoms with Gasteiger partial charge in [0.1, 0.15) is 0 Å². The van der Waals surface area contributed by atoms with Crippen LogP contribution in [0.4, 0.5) is 0 Å². The number of carbonyl (C=O) groups is 1. The summed E-state index contributed by atoms with van der Waals surface area (Å²) in [6.07, 6.45) is 6.98. The number of benzene rings is 1. The number of allylic oxidation sites excluding steroid dienone is 2. The molecule has 1 heterocycles. The summed E-state index contributed by atoms with van der Waals surface area (Å²) in [7, 11) is 0. The molecular formula is C16H19NO3. The lowest BCUT2D eigenvalue weighted by Gasteiger charge is -2.03. The molecule has 0 unspecified atom stereocenters. The summed E-state index contributed by atoms with van der Waals surface area (Å²) in [5.74, 6) is 1.90. The smallest absolute Gasteiger partial charge is 0.243 e. The number of hydrogen-bond acceptors (Lipinski definition) is 3. The first-order valence-electron chi connectivity index (χ1n) is 6.67. The van der Waals surface area contributed by atoms with E-state index in [-0.39, 0.29) is 12.7 Å². The minimum Gasteiger partial charge on any atom is -0.454 e. The zero-order chi connectivity index (χ0) is 14.4. The van der Waals surface area contributed by atoms with Crippen molar-refractivity contribution in [1.29, 1.82) is 0 Å². The van der Waals surface area contributed by atoms with E-state index in [1.54, 1.807) is 6.08 Å². The molecule has 1 aromatic carbocycles. The van der Waals surface area contributed by atoms with E-state index in [1.807, 2.05) is 30.4 Å². The van der Waals surface area contributed by atoms with Crippen molar-refractivity contribution in [1.82, 2.24) is 5.32 Å². The highest BCUT2D eigenvalue weighted by molar-refractivity contribution is 5.87. The molecule has 0 aliphatic carbocycles. The third-order valence-electron chi connectivity index (χ3n) is 2.73. The van der Waals surface area contributed by atoms with Crippen molar-refractivity contribution in [3.63, 3.8) is 0 Å². The van der Waals surface area contributed by atoms with Crippen LogP contribution in [-0.2, 0) is 4.79 Å². The number of rotatable bonds is 5. The first-order chi connectivity index (χ1) is 9.65. The molecule has 106 valence electrons. The van der Waals surface area contributed by atoms with Crippen LogP contribution in [0.3, 0.4) is 0 Å². The molecular weight excluding hydrogens is 254 g/mol. The van der Waals surface area contributed by atoms with Crippen LogP contribution in [-0.4, -0.2) is 19.2 Å². The Kier molecular flexibility index (Phi) is 4.82. The quantitative estimate of drug-likeness (QED) is 0.663. The average Bonchev–Trinajstić information content (AvgIpc) is 2.88. The molecule has 20 heavy (non-hydrogen) atoms. The molecule has 0 saturated carbocycles. The Morgan fingerprint density at radius 1 is 1.30 bits per heavy atom. The predicted octanol–water partition coefficient (Wildman–Crippen LogP) is 2.76. The van der Waals surface area contributed by atoms with Crippen LogP contribution in [0.15, 0.2) is 36.4 Å². The van der Waals surface area contributed by atoms with Gasteiger partial charge in [0.05, 0.1) is 0 Å². The van der Waals surface area contributed by atoms with Gasteiger partial charge in [-0.05, 0) is 23.6 Å². The summed E-state index contributed by atoms with van der Waals surface area (Å²) in [6, 6.07) is 5.73. The Bertz CT molecular complexity index is 533. The Labute approximate surface area is 119 Å². The highest BCUT2D eigenvalue weighted by Gasteiger charge is 2.11. The van der Waals surface area contributed by atoms with Crippen LogP contribution < -0.4 is 14.8 Å². The third kappa shape index (κ3) is 4.16. The highest BCUT2D eigenvalue weighted by Crippen LogP contribution is 2.32. The van der Waals surface area contributed by atoms with Crippen LogP contribution in [0.2, 0.25) is 0 Å². The number of hydrogen-bond donors (Lipinski definition) is 1. The van der Waals surface area contributed by atoms with E-state index < -0.39 is 0 Å². The van der Waals surface area contributed by atoms with E-state index in [9.17, 15) is 4.79 Å². The summed E-state index contributed by atoms with van der Waals surface area (Å²) in [6.45, 7) is 5.08. The third-order valence-corrected chi connectivity index (χ3v) is 2.73. The van der Waals surface area contributed by atoms with Gasteiger partial charge in [-0.15, -0.1) is 0 Å². The lowest BCUT2D eigenvalue weighted by molar-refractivity contribution is -0.116. The molecule has 4 heteroatoms. The van der Waals surface area contributed by atoms with Crippen molar-refractivity contribution in [3.8, 4) is 11.5 Å². The zero-order valence-corrected chi connectivity index (χ0v) is 11.8. The van der Waals surface area contributed by atoms with E-state index in [4.69, 9.17) is 9.47 Å². The maximum Gasteiger partial charge on any atom is 0.243 e. The van der Waals surface area contributed by atoms with Gasteiger partial charge in [0.25, 0.3) is 0 Å². The van der Waals surface area contributed by atoms with Crippen molar-refractivity contribution < 1.29 is 14.3 Å². The van der Waals surface area contributed by atoms with Gasteiger partial charge < -0.3 is 14.8 Å². The lowest BCUT2D eigenvalue weighted by Crippen LogP contribution is -2.25. The van der Waals surface area contributed by atoms with Crippen molar-refractivity contribution >= 4 is 12.0 Å². The Morgan fingerprint density at radius 3 is 2.90 bits per heavy atom. The van der Waals surface area contributed by atoms with Crippen molar-refractivity contribution in [2.24, 2.45) is 5.92 Å². The second-order valence-electron chi connectivity index (χ2n) is 4.97. The predicted molar refractivity (Wildman–Crippen MR) is 78.6 cm³/mol. The van der Waals surface area contributed by atoms with Crippen molar-refractivity contribution in [2.45, 2.75) is 13.8 Å². The number of ether oxygens (including phenoxy) is 2. The van der Waals surface area contributed by atoms with Gasteiger partial charge >= 0.3 is 0 Å². The van der Waals surface area contributed by atoms with Crippen molar-refractivity contribution in [2.75, 3.05) is 13.3 Å². The molecule has 1 aliphatic heterocycles. The van der Waals surface area contributed by atoms with Gasteiger partial charge in [0.2, 0.25) is 12.7 Å². The van der Waals surface area contributed by atoms with E-state index in [0.717, 1.165) is 17.1 Å². The summed E-state index contributed by atoms with van der Waals surface area (Å²) in [4.78, 5) is 11.4. The minimum atomic E-state index is -0.0750. The topological polar surface area (TPSA) is 47.6 Å². The maximum absolute atomic E-state index is 11.4. The van der Waals surface area contributed by atoms with Gasteiger partial charge in [-0.1, -0.05) is 38.1 Å². The minimum absolute atomic E-state index is 0.0750. The van der Waals surface area contributed by atoms with Gasteiger partial charge in [-0.25, -0.2) is 0 Å². The summed E-state index contributed by atoms with van der Waals surface area (Å²) >= 11 is 0. The standard InChI is InChI=1S/C16H19NO3/c1-12(2)10-17-16(18)6-4-3-5-13-7-8-14-15(9-13)20-11-19-14/h3-9,12H,10-11H2,1-2H3,(H,17,18)/b5-3+,6-4-. The Balaban J connectivity index is 1.85. The summed E-state index contributed by atoms with van der Waals surface area (Å²) in [5.41, 5.74) is 1.00. The van der Waals surface area contributed by atoms with Crippen LogP contribution in [0.1, 0.15) is 19.4 Å². The van der Waals surface area contributed by atoms with Gasteiger partial charge in [0, 0.05) is 12.6 Å². The second kappa shape index (κ2) is 6.80. The van der Waals surface area contributed by atoms with Crippen LogP contribution in [0.5, 0.6) is 11.5 Å². The van der Waals surface area contributed by atoms with Crippen LogP contribution >= 0.6 is 0 Å². The van der Waals surface area contributed by atoms with Gasteiger partial charge in [0.15, 0.2) is 11.5 Å². The fourth-order valence-corrected chi connectivity index (χ4v) is 1.69. The SMILES string of the molecule is CC(C)CNC(=O)/C=C\C=C\c1ccc2c(c1)OCO2. The molecule has 0 bridgehead atoms. The molecule has 0 fully saturated rings. The molecule has 0 aromatic heterocycles. The molecule has 1 amide bonds. The number of amides is 1. The Morgan fingerprint density at radius 2 is 2.10 bits per heavy atom. The molecule has 4 nitrogen and oxygen atoms in total. The fraction of sp³-hybridized carbons (Fsp3) is 0.312. The average molecular weight is 273 g/mol. The lowest BCUT2D eigenvalue weighted by atomic mass is 10.2. The molecule has 1 N–H and O–H groups in total. The monoisotopic (exact) mass is 273 g/mol. The normalized spacial score (nSPS) is 13.6. The van der Waals surface area contributed by atoms with Gasteiger partial charge in [-0.2, -0.15) is 0 Å². The number of fused-ring (bicyclic) bond motifs is 1. The van der Waals surface area contributed by atoms with Crippen LogP contribution in [0.25, 0.3) is 6.08 Å². The van der Waals surface area contributed by atoms with Crippen LogP contribution in [0, 0.1) is 5.92 Å². The van der Waals surface area contributed by atoms with E-state index in [2.05, 4.69) is 19.2 Å². The van der Waals surface area contributed by atoms with E-state index in [1.165, 1.54) is 6.08 Å². The van der Waals surface area contributed by atoms with E-state index >= 15 is 0 Å². The molecule has 2 rings (SSSR count). The molecule has 0 saturated heterocycles. The summed E-state index contributed by atoms with van der Waals surface area (Å²) < 4.78 is 10.5. The number of nitrogens with one attached hydrogen (secondary N) is 1. The van der Waals surface area contributed by atoms with Gasteiger partial charge in [-0.3, -0.25) is 4.79 Å². The second-order valence-corrected chi connectivity index (χ2v) is 4.97. The molecule has 1 aromatic rings. The number of carbonyl (C=O) groups excluding carboxylic acids is 1.